The van der Waals surface area contributed by atoms with Crippen molar-refractivity contribution in [3.63, 3.8) is 0 Å². The van der Waals surface area contributed by atoms with Crippen molar-refractivity contribution in [1.29, 1.82) is 0 Å². The van der Waals surface area contributed by atoms with Crippen molar-refractivity contribution in [1.82, 2.24) is 5.32 Å². The summed E-state index contributed by atoms with van der Waals surface area (Å²) in [6, 6.07) is 9.01. The monoisotopic (exact) mass is 455 g/mol. The lowest BCUT2D eigenvalue weighted by Gasteiger charge is -2.19. The molecule has 3 N–H and O–H groups in total. The fraction of sp³-hybridized carbons (Fsp3) is 0.444. The molecule has 0 radical (unpaired) electrons. The Labute approximate surface area is 197 Å². The van der Waals surface area contributed by atoms with E-state index in [1.54, 1.807) is 31.4 Å². The molecule has 0 aliphatic rings. The Morgan fingerprint density at radius 3 is 2.39 bits per heavy atom. The first-order valence-electron chi connectivity index (χ1n) is 11.4. The highest BCUT2D eigenvalue weighted by Crippen LogP contribution is 2.33. The number of phenols is 2. The molecule has 33 heavy (non-hydrogen) atoms. The van der Waals surface area contributed by atoms with Crippen molar-refractivity contribution < 1.29 is 24.5 Å². The van der Waals surface area contributed by atoms with Gasteiger partial charge < -0.3 is 25.0 Å². The molecule has 0 amide bonds. The van der Waals surface area contributed by atoms with Crippen LogP contribution in [0.4, 0.5) is 0 Å². The number of rotatable bonds is 13. The number of ether oxygens (including phenoxy) is 2. The van der Waals surface area contributed by atoms with Crippen LogP contribution in [0.2, 0.25) is 0 Å². The summed E-state index contributed by atoms with van der Waals surface area (Å²) in [5.41, 5.74) is 2.80. The second-order valence-electron chi connectivity index (χ2n) is 8.53. The average molecular weight is 456 g/mol. The fourth-order valence-corrected chi connectivity index (χ4v) is 3.65. The van der Waals surface area contributed by atoms with Crippen LogP contribution < -0.4 is 14.8 Å². The normalized spacial score (nSPS) is 12.3. The molecule has 0 heterocycles. The number of allylic oxidation sites excluding steroid dienone is 2. The summed E-state index contributed by atoms with van der Waals surface area (Å²) in [6.07, 6.45) is 5.38. The van der Waals surface area contributed by atoms with Crippen LogP contribution in [0.25, 0.3) is 0 Å². The summed E-state index contributed by atoms with van der Waals surface area (Å²) < 4.78 is 10.5. The molecule has 0 aliphatic carbocycles. The van der Waals surface area contributed by atoms with Gasteiger partial charge in [0.25, 0.3) is 0 Å². The minimum Gasteiger partial charge on any atom is -0.504 e. The zero-order valence-corrected chi connectivity index (χ0v) is 20.4. The molecular formula is C27H37NO5. The summed E-state index contributed by atoms with van der Waals surface area (Å²) in [4.78, 5) is 12.5. The first-order chi connectivity index (χ1) is 15.8. The van der Waals surface area contributed by atoms with Gasteiger partial charge in [-0.3, -0.25) is 4.79 Å². The van der Waals surface area contributed by atoms with Gasteiger partial charge in [-0.15, -0.1) is 0 Å². The quantitative estimate of drug-likeness (QED) is 0.376. The van der Waals surface area contributed by atoms with E-state index >= 15 is 0 Å². The van der Waals surface area contributed by atoms with Gasteiger partial charge in [0.2, 0.25) is 0 Å². The maximum absolute atomic E-state index is 12.5. The fourth-order valence-electron chi connectivity index (χ4n) is 3.65. The van der Waals surface area contributed by atoms with Gasteiger partial charge in [-0.05, 0) is 66.6 Å². The van der Waals surface area contributed by atoms with Crippen LogP contribution in [0.5, 0.6) is 23.0 Å². The molecule has 6 nitrogen and oxygen atoms in total. The lowest BCUT2D eigenvalue weighted by Crippen LogP contribution is -2.14. The zero-order chi connectivity index (χ0) is 24.4. The molecule has 1 atom stereocenters. The van der Waals surface area contributed by atoms with E-state index in [-0.39, 0.29) is 23.2 Å². The first kappa shape index (κ1) is 26.3. The average Bonchev–Trinajstić information content (AvgIpc) is 2.80. The zero-order valence-electron chi connectivity index (χ0n) is 20.4. The van der Waals surface area contributed by atoms with Crippen LogP contribution in [-0.4, -0.2) is 36.8 Å². The van der Waals surface area contributed by atoms with E-state index in [9.17, 15) is 15.0 Å². The third kappa shape index (κ3) is 7.82. The van der Waals surface area contributed by atoms with Crippen molar-refractivity contribution >= 4 is 5.78 Å². The molecule has 0 bridgehead atoms. The highest BCUT2D eigenvalue weighted by atomic mass is 16.5. The van der Waals surface area contributed by atoms with Crippen molar-refractivity contribution in [3.05, 3.63) is 59.2 Å². The maximum Gasteiger partial charge on any atom is 0.162 e. The van der Waals surface area contributed by atoms with E-state index in [0.29, 0.717) is 36.8 Å². The van der Waals surface area contributed by atoms with Crippen molar-refractivity contribution in [2.75, 3.05) is 20.8 Å². The summed E-state index contributed by atoms with van der Waals surface area (Å²) in [6.45, 7) is 7.67. The topological polar surface area (TPSA) is 88.0 Å². The summed E-state index contributed by atoms with van der Waals surface area (Å²) >= 11 is 0. The Kier molecular flexibility index (Phi) is 10.3. The van der Waals surface area contributed by atoms with Crippen molar-refractivity contribution in [3.8, 4) is 23.0 Å². The second-order valence-corrected chi connectivity index (χ2v) is 8.53. The first-order valence-corrected chi connectivity index (χ1v) is 11.4. The Morgan fingerprint density at radius 2 is 1.76 bits per heavy atom. The lowest BCUT2D eigenvalue weighted by molar-refractivity contribution is -0.114. The van der Waals surface area contributed by atoms with Crippen LogP contribution in [0.3, 0.4) is 0 Å². The molecule has 2 rings (SSSR count). The number of methoxy groups -OCH3 is 2. The van der Waals surface area contributed by atoms with Crippen LogP contribution >= 0.6 is 0 Å². The highest BCUT2D eigenvalue weighted by Gasteiger charge is 2.16. The molecule has 0 saturated heterocycles. The number of aromatic hydroxyl groups is 2. The largest absolute Gasteiger partial charge is 0.504 e. The molecule has 0 aliphatic heterocycles. The third-order valence-electron chi connectivity index (χ3n) is 5.76. The van der Waals surface area contributed by atoms with Crippen molar-refractivity contribution in [2.45, 2.75) is 46.6 Å². The van der Waals surface area contributed by atoms with E-state index in [2.05, 4.69) is 19.2 Å². The number of aryl methyl sites for hydroxylation is 1. The molecule has 0 aromatic heterocycles. The Hall–Kier alpha value is -2.99. The standard InChI is InChI=1S/C27H37NO5/c1-6-28-17-22-14-20(16-26(33-5)27(22)31)13-21(18(2)3)9-11-23(29)10-7-19-8-12-24(30)25(15-19)32-4/h8-9,11-12,14-16,18,21,28,30-31H,6-7,10,13,17H2,1-5H3/t21-/m0/s1. The molecule has 2 aromatic carbocycles. The van der Waals surface area contributed by atoms with Gasteiger partial charge in [-0.1, -0.05) is 39.0 Å². The van der Waals surface area contributed by atoms with Crippen LogP contribution in [-0.2, 0) is 24.2 Å². The summed E-state index contributed by atoms with van der Waals surface area (Å²) in [7, 11) is 3.06. The number of hydrogen-bond donors (Lipinski definition) is 3. The van der Waals surface area contributed by atoms with Gasteiger partial charge >= 0.3 is 0 Å². The molecule has 2 aromatic rings. The van der Waals surface area contributed by atoms with Gasteiger partial charge in [-0.2, -0.15) is 0 Å². The Bertz CT molecular complexity index is 952. The number of hydrogen-bond acceptors (Lipinski definition) is 6. The number of nitrogens with one attached hydrogen (secondary N) is 1. The van der Waals surface area contributed by atoms with Crippen LogP contribution in [0.1, 0.15) is 43.9 Å². The van der Waals surface area contributed by atoms with Gasteiger partial charge in [-0.25, -0.2) is 0 Å². The van der Waals surface area contributed by atoms with E-state index in [0.717, 1.165) is 29.7 Å². The number of benzene rings is 2. The van der Waals surface area contributed by atoms with E-state index in [1.807, 2.05) is 25.1 Å². The van der Waals surface area contributed by atoms with Crippen LogP contribution in [0, 0.1) is 11.8 Å². The molecule has 0 saturated carbocycles. The predicted molar refractivity (Wildman–Crippen MR) is 131 cm³/mol. The summed E-state index contributed by atoms with van der Waals surface area (Å²) in [5, 5.41) is 23.4. The van der Waals surface area contributed by atoms with Crippen molar-refractivity contribution in [2.24, 2.45) is 11.8 Å². The Balaban J connectivity index is 2.07. The van der Waals surface area contributed by atoms with E-state index in [1.165, 1.54) is 7.11 Å². The number of phenolic OH excluding ortho intramolecular Hbond substituents is 2. The van der Waals surface area contributed by atoms with E-state index < -0.39 is 0 Å². The molecule has 0 unspecified atom stereocenters. The molecule has 180 valence electrons. The van der Waals surface area contributed by atoms with Gasteiger partial charge in [0.15, 0.2) is 28.8 Å². The molecule has 6 heteroatoms. The molecular weight excluding hydrogens is 418 g/mol. The van der Waals surface area contributed by atoms with Gasteiger partial charge in [0.1, 0.15) is 0 Å². The minimum atomic E-state index is 0.0591. The SMILES string of the molecule is CCNCc1cc(C[C@H](C=CC(=O)CCc2ccc(O)c(OC)c2)C(C)C)cc(OC)c1O. The predicted octanol–water partition coefficient (Wildman–Crippen LogP) is 4.80. The number of carbonyl (C=O) groups is 1. The number of carbonyl (C=O) groups excluding carboxylic acids is 1. The lowest BCUT2D eigenvalue weighted by atomic mass is 9.87. The second kappa shape index (κ2) is 12.9. The minimum absolute atomic E-state index is 0.0591. The third-order valence-corrected chi connectivity index (χ3v) is 5.76. The van der Waals surface area contributed by atoms with Crippen LogP contribution in [0.15, 0.2) is 42.5 Å². The van der Waals surface area contributed by atoms with Gasteiger partial charge in [0, 0.05) is 18.5 Å². The van der Waals surface area contributed by atoms with E-state index in [4.69, 9.17) is 9.47 Å². The molecule has 0 fully saturated rings. The Morgan fingerprint density at radius 1 is 1.06 bits per heavy atom. The van der Waals surface area contributed by atoms with Gasteiger partial charge in [0.05, 0.1) is 14.2 Å². The maximum atomic E-state index is 12.5. The number of ketones is 1. The molecule has 0 spiro atoms. The smallest absolute Gasteiger partial charge is 0.162 e. The highest BCUT2D eigenvalue weighted by molar-refractivity contribution is 5.89. The summed E-state index contributed by atoms with van der Waals surface area (Å²) in [5.74, 6) is 1.70.